The number of hydrogen-bond donors (Lipinski definition) is 0. The number of carbonyl (C=O) groups is 2. The summed E-state index contributed by atoms with van der Waals surface area (Å²) in [5, 5.41) is 0. The molecule has 0 radical (unpaired) electrons. The van der Waals surface area contributed by atoms with Gasteiger partial charge in [0.15, 0.2) is 0 Å². The smallest absolute Gasteiger partial charge is 0.338 e. The number of rotatable bonds is 17. The Hall–Kier alpha value is -4.00. The summed E-state index contributed by atoms with van der Waals surface area (Å²) < 4.78 is 24.0. The highest BCUT2D eigenvalue weighted by atomic mass is 16.6. The van der Waals surface area contributed by atoms with Gasteiger partial charge in [-0.1, -0.05) is 91.0 Å². The van der Waals surface area contributed by atoms with E-state index in [0.29, 0.717) is 57.5 Å². The van der Waals surface area contributed by atoms with Crippen molar-refractivity contribution in [2.24, 2.45) is 11.8 Å². The van der Waals surface area contributed by atoms with Crippen molar-refractivity contribution >= 4 is 11.9 Å². The normalized spacial score (nSPS) is 19.3. The van der Waals surface area contributed by atoms with Crippen LogP contribution in [0.1, 0.15) is 61.9 Å². The van der Waals surface area contributed by atoms with Crippen LogP contribution in [0.15, 0.2) is 110 Å². The molecule has 45 heavy (non-hydrogen) atoms. The molecule has 0 saturated heterocycles. The molecular formula is C39H46O6. The number of esters is 2. The average molecular weight is 611 g/mol. The molecule has 0 amide bonds. The molecule has 1 saturated carbocycles. The van der Waals surface area contributed by atoms with Crippen molar-refractivity contribution < 1.29 is 28.5 Å². The van der Waals surface area contributed by atoms with Gasteiger partial charge in [0.05, 0.1) is 37.6 Å². The van der Waals surface area contributed by atoms with Crippen LogP contribution in [0.25, 0.3) is 11.1 Å². The van der Waals surface area contributed by atoms with Crippen LogP contribution in [-0.2, 0) is 30.3 Å². The van der Waals surface area contributed by atoms with Crippen molar-refractivity contribution in [3.8, 4) is 11.1 Å². The summed E-state index contributed by atoms with van der Waals surface area (Å²) in [6.45, 7) is 13.1. The first kappa shape index (κ1) is 33.9. The Kier molecular flexibility index (Phi) is 13.2. The van der Waals surface area contributed by atoms with Crippen molar-refractivity contribution in [1.82, 2.24) is 0 Å². The second-order valence-electron chi connectivity index (χ2n) is 12.0. The molecule has 6 heteroatoms. The monoisotopic (exact) mass is 610 g/mol. The number of benzene rings is 3. The number of hydrogen-bond acceptors (Lipinski definition) is 6. The van der Waals surface area contributed by atoms with Gasteiger partial charge in [0.25, 0.3) is 0 Å². The van der Waals surface area contributed by atoms with Crippen LogP contribution in [0.4, 0.5) is 0 Å². The van der Waals surface area contributed by atoms with E-state index in [2.05, 4.69) is 13.2 Å². The zero-order chi connectivity index (χ0) is 32.0. The highest BCUT2D eigenvalue weighted by Gasteiger charge is 2.45. The van der Waals surface area contributed by atoms with E-state index in [0.717, 1.165) is 22.3 Å². The molecule has 238 valence electrons. The van der Waals surface area contributed by atoms with Crippen molar-refractivity contribution in [3.63, 3.8) is 0 Å². The van der Waals surface area contributed by atoms with E-state index in [-0.39, 0.29) is 42.1 Å². The van der Waals surface area contributed by atoms with Gasteiger partial charge in [-0.15, -0.1) is 6.58 Å². The van der Waals surface area contributed by atoms with Gasteiger partial charge in [0.1, 0.15) is 6.10 Å². The fraction of sp³-hybridized carbons (Fsp3) is 0.385. The van der Waals surface area contributed by atoms with E-state index in [1.807, 2.05) is 105 Å². The summed E-state index contributed by atoms with van der Waals surface area (Å²) in [4.78, 5) is 25.3. The van der Waals surface area contributed by atoms with Gasteiger partial charge >= 0.3 is 11.9 Å². The van der Waals surface area contributed by atoms with Gasteiger partial charge in [-0.05, 0) is 67.9 Å². The number of ether oxygens (including phenoxy) is 4. The van der Waals surface area contributed by atoms with Crippen molar-refractivity contribution in [2.45, 2.75) is 70.9 Å². The SMILES string of the molecule is C=CC[C@@H]1[C@@H](COCc2ccccc2)[C@H](OC(=O)c2ccc(-c3ccccc3)cc2)C[C@@H]1OCC(=C)CCCC(=O)OC(C)C. The Labute approximate surface area is 268 Å². The van der Waals surface area contributed by atoms with Gasteiger partial charge in [0, 0.05) is 18.8 Å². The summed E-state index contributed by atoms with van der Waals surface area (Å²) in [6.07, 6.45) is 4.19. The standard InChI is InChI=1S/C39H46O6/c1-5-13-34-35(27-42-26-30-15-8-6-9-16-30)37(24-36(34)43-25-29(4)14-12-19-38(40)44-28(2)3)45-39(41)33-22-20-32(21-23-33)31-17-10-7-11-18-31/h5-11,15-18,20-23,28,34-37H,1,4,12-14,19,24-27H2,2-3H3/t34-,35-,36+,37-/m1/s1. The highest BCUT2D eigenvalue weighted by molar-refractivity contribution is 5.90. The van der Waals surface area contributed by atoms with Crippen LogP contribution < -0.4 is 0 Å². The quantitative estimate of drug-likeness (QED) is 0.113. The minimum atomic E-state index is -0.379. The summed E-state index contributed by atoms with van der Waals surface area (Å²) in [6, 6.07) is 27.6. The van der Waals surface area contributed by atoms with Crippen molar-refractivity contribution in [2.75, 3.05) is 13.2 Å². The summed E-state index contributed by atoms with van der Waals surface area (Å²) >= 11 is 0. The third-order valence-corrected chi connectivity index (χ3v) is 8.10. The molecule has 4 rings (SSSR count). The zero-order valence-electron chi connectivity index (χ0n) is 26.6. The van der Waals surface area contributed by atoms with Crippen LogP contribution >= 0.6 is 0 Å². The van der Waals surface area contributed by atoms with Gasteiger partial charge in [0.2, 0.25) is 0 Å². The van der Waals surface area contributed by atoms with Crippen molar-refractivity contribution in [1.29, 1.82) is 0 Å². The lowest BCUT2D eigenvalue weighted by Gasteiger charge is -2.26. The first-order valence-corrected chi connectivity index (χ1v) is 15.9. The third kappa shape index (κ3) is 10.5. The summed E-state index contributed by atoms with van der Waals surface area (Å²) in [5.74, 6) is -0.560. The fourth-order valence-corrected chi connectivity index (χ4v) is 5.83. The molecule has 3 aromatic rings. The van der Waals surface area contributed by atoms with Crippen LogP contribution in [-0.4, -0.2) is 43.5 Å². The van der Waals surface area contributed by atoms with Crippen LogP contribution in [0.2, 0.25) is 0 Å². The summed E-state index contributed by atoms with van der Waals surface area (Å²) in [5.41, 5.74) is 4.64. The lowest BCUT2D eigenvalue weighted by molar-refractivity contribution is -0.147. The Bertz CT molecular complexity index is 1370. The molecule has 0 N–H and O–H groups in total. The van der Waals surface area contributed by atoms with Gasteiger partial charge in [-0.3, -0.25) is 4.79 Å². The van der Waals surface area contributed by atoms with E-state index in [9.17, 15) is 9.59 Å². The molecule has 1 fully saturated rings. The number of carbonyl (C=O) groups excluding carboxylic acids is 2. The van der Waals surface area contributed by atoms with Gasteiger partial charge < -0.3 is 18.9 Å². The first-order chi connectivity index (χ1) is 21.8. The second-order valence-corrected chi connectivity index (χ2v) is 12.0. The Morgan fingerprint density at radius 1 is 0.867 bits per heavy atom. The Morgan fingerprint density at radius 2 is 1.53 bits per heavy atom. The molecular weight excluding hydrogens is 564 g/mol. The largest absolute Gasteiger partial charge is 0.463 e. The van der Waals surface area contributed by atoms with E-state index in [1.165, 1.54) is 0 Å². The predicted molar refractivity (Wildman–Crippen MR) is 178 cm³/mol. The second kappa shape index (κ2) is 17.5. The molecule has 0 heterocycles. The van der Waals surface area contributed by atoms with E-state index in [1.54, 1.807) is 0 Å². The highest BCUT2D eigenvalue weighted by Crippen LogP contribution is 2.40. The molecule has 0 aromatic heterocycles. The predicted octanol–water partition coefficient (Wildman–Crippen LogP) is 8.37. The maximum atomic E-state index is 13.4. The molecule has 3 aromatic carbocycles. The fourth-order valence-electron chi connectivity index (χ4n) is 5.83. The molecule has 0 spiro atoms. The van der Waals surface area contributed by atoms with Gasteiger partial charge in [-0.2, -0.15) is 0 Å². The molecule has 0 bridgehead atoms. The Balaban J connectivity index is 1.40. The van der Waals surface area contributed by atoms with E-state index >= 15 is 0 Å². The molecule has 1 aliphatic carbocycles. The number of allylic oxidation sites excluding steroid dienone is 1. The molecule has 4 atom stereocenters. The maximum Gasteiger partial charge on any atom is 0.338 e. The maximum absolute atomic E-state index is 13.4. The van der Waals surface area contributed by atoms with Crippen LogP contribution in [0, 0.1) is 11.8 Å². The lowest BCUT2D eigenvalue weighted by atomic mass is 9.91. The molecule has 1 aliphatic rings. The van der Waals surface area contributed by atoms with E-state index in [4.69, 9.17) is 18.9 Å². The third-order valence-electron chi connectivity index (χ3n) is 8.10. The minimum Gasteiger partial charge on any atom is -0.463 e. The van der Waals surface area contributed by atoms with Crippen molar-refractivity contribution in [3.05, 3.63) is 121 Å². The molecule has 6 nitrogen and oxygen atoms in total. The zero-order valence-corrected chi connectivity index (χ0v) is 26.6. The minimum absolute atomic E-state index is 0.0605. The average Bonchev–Trinajstić information content (AvgIpc) is 3.36. The van der Waals surface area contributed by atoms with Crippen LogP contribution in [0.5, 0.6) is 0 Å². The summed E-state index contributed by atoms with van der Waals surface area (Å²) in [7, 11) is 0. The lowest BCUT2D eigenvalue weighted by Crippen LogP contribution is -2.30. The van der Waals surface area contributed by atoms with Gasteiger partial charge in [-0.25, -0.2) is 4.79 Å². The topological polar surface area (TPSA) is 71.1 Å². The molecule has 0 aliphatic heterocycles. The van der Waals surface area contributed by atoms with E-state index < -0.39 is 0 Å². The van der Waals surface area contributed by atoms with Crippen LogP contribution in [0.3, 0.4) is 0 Å². The first-order valence-electron chi connectivity index (χ1n) is 15.9. The Morgan fingerprint density at radius 3 is 2.20 bits per heavy atom. The molecule has 0 unspecified atom stereocenters.